The molecule has 1 unspecified atom stereocenters. The van der Waals surface area contributed by atoms with E-state index in [-0.39, 0.29) is 0 Å². The zero-order valence-corrected chi connectivity index (χ0v) is 18.7. The fourth-order valence-corrected chi connectivity index (χ4v) is 4.04. The van der Waals surface area contributed by atoms with Crippen LogP contribution in [0.25, 0.3) is 0 Å². The summed E-state index contributed by atoms with van der Waals surface area (Å²) in [6, 6.07) is 0. The molecule has 0 aliphatic rings. The van der Waals surface area contributed by atoms with Crippen LogP contribution < -0.4 is 5.73 Å². The highest BCUT2D eigenvalue weighted by molar-refractivity contribution is 4.61. The first kappa shape index (κ1) is 26.0. The van der Waals surface area contributed by atoms with Gasteiger partial charge in [0, 0.05) is 0 Å². The first-order valence-electron chi connectivity index (χ1n) is 12.5. The van der Waals surface area contributed by atoms with Crippen molar-refractivity contribution < 1.29 is 0 Å². The minimum atomic E-state index is 0.800. The molecule has 0 heterocycles. The Labute approximate surface area is 167 Å². The molecule has 0 fully saturated rings. The van der Waals surface area contributed by atoms with Gasteiger partial charge in [0.1, 0.15) is 0 Å². The highest BCUT2D eigenvalue weighted by Gasteiger charge is 2.06. The minimum Gasteiger partial charge on any atom is -0.330 e. The van der Waals surface area contributed by atoms with E-state index in [9.17, 15) is 0 Å². The molecule has 0 aromatic rings. The molecule has 0 amide bonds. The van der Waals surface area contributed by atoms with E-state index < -0.39 is 0 Å². The van der Waals surface area contributed by atoms with Crippen LogP contribution in [0.5, 0.6) is 0 Å². The van der Waals surface area contributed by atoms with Gasteiger partial charge in [0.15, 0.2) is 0 Å². The molecule has 26 heavy (non-hydrogen) atoms. The van der Waals surface area contributed by atoms with E-state index in [1.165, 1.54) is 135 Å². The van der Waals surface area contributed by atoms with Gasteiger partial charge < -0.3 is 5.73 Å². The van der Waals surface area contributed by atoms with Crippen LogP contribution in [0.15, 0.2) is 0 Å². The quantitative estimate of drug-likeness (QED) is 0.190. The summed E-state index contributed by atoms with van der Waals surface area (Å²) in [4.78, 5) is 0. The van der Waals surface area contributed by atoms with Crippen molar-refractivity contribution >= 4 is 0 Å². The topological polar surface area (TPSA) is 26.0 Å². The van der Waals surface area contributed by atoms with E-state index in [0.29, 0.717) is 0 Å². The molecular weight excluding hydrogens is 314 g/mol. The second-order valence-electron chi connectivity index (χ2n) is 8.69. The van der Waals surface area contributed by atoms with Crippen LogP contribution in [0.1, 0.15) is 149 Å². The molecule has 0 radical (unpaired) electrons. The normalized spacial score (nSPS) is 12.6. The van der Waals surface area contributed by atoms with Crippen molar-refractivity contribution in [3.63, 3.8) is 0 Å². The standard InChI is InChI=1S/C25H53N/c1-3-5-7-9-11-12-13-14-15-17-19-21-23-25(24-26)22-20-18-16-10-8-6-4-2/h25H,3-24,26H2,1-2H3. The Balaban J connectivity index is 3.26. The first-order valence-corrected chi connectivity index (χ1v) is 12.5. The molecule has 1 heteroatoms. The summed E-state index contributed by atoms with van der Waals surface area (Å²) in [6.45, 7) is 5.50. The lowest BCUT2D eigenvalue weighted by atomic mass is 9.94. The Morgan fingerprint density at radius 3 is 0.962 bits per heavy atom. The fraction of sp³-hybridized carbons (Fsp3) is 1.00. The second-order valence-corrected chi connectivity index (χ2v) is 8.69. The molecule has 1 nitrogen and oxygen atoms in total. The van der Waals surface area contributed by atoms with E-state index in [1.54, 1.807) is 0 Å². The molecular formula is C25H53N. The summed E-state index contributed by atoms with van der Waals surface area (Å²) in [6.07, 6.45) is 30.0. The summed E-state index contributed by atoms with van der Waals surface area (Å²) in [5.41, 5.74) is 5.99. The van der Waals surface area contributed by atoms with Crippen LogP contribution in [0.4, 0.5) is 0 Å². The van der Waals surface area contributed by atoms with Gasteiger partial charge in [0.2, 0.25) is 0 Å². The number of nitrogens with two attached hydrogens (primary N) is 1. The van der Waals surface area contributed by atoms with Gasteiger partial charge in [-0.3, -0.25) is 0 Å². The second kappa shape index (κ2) is 23.0. The zero-order valence-electron chi connectivity index (χ0n) is 18.7. The molecule has 158 valence electrons. The van der Waals surface area contributed by atoms with Crippen LogP contribution in [-0.4, -0.2) is 6.54 Å². The smallest absolute Gasteiger partial charge is 0.00489 e. The Hall–Kier alpha value is -0.0400. The average molecular weight is 368 g/mol. The lowest BCUT2D eigenvalue weighted by Crippen LogP contribution is -2.14. The van der Waals surface area contributed by atoms with Crippen molar-refractivity contribution in [2.75, 3.05) is 6.54 Å². The lowest BCUT2D eigenvalue weighted by Gasteiger charge is -2.14. The average Bonchev–Trinajstić information content (AvgIpc) is 2.66. The van der Waals surface area contributed by atoms with Crippen molar-refractivity contribution in [1.82, 2.24) is 0 Å². The Morgan fingerprint density at radius 2 is 0.692 bits per heavy atom. The maximum atomic E-state index is 5.99. The van der Waals surface area contributed by atoms with E-state index in [1.807, 2.05) is 0 Å². The maximum absolute atomic E-state index is 5.99. The minimum absolute atomic E-state index is 0.800. The molecule has 0 aliphatic carbocycles. The van der Waals surface area contributed by atoms with E-state index in [4.69, 9.17) is 5.73 Å². The third-order valence-corrected chi connectivity index (χ3v) is 6.02. The van der Waals surface area contributed by atoms with Crippen molar-refractivity contribution in [1.29, 1.82) is 0 Å². The van der Waals surface area contributed by atoms with Crippen LogP contribution >= 0.6 is 0 Å². The van der Waals surface area contributed by atoms with Crippen LogP contribution in [0, 0.1) is 5.92 Å². The SMILES string of the molecule is CCCCCCCCCCCCCCC(CN)CCCCCCCCC. The van der Waals surface area contributed by atoms with Crippen LogP contribution in [-0.2, 0) is 0 Å². The molecule has 0 rings (SSSR count). The number of rotatable bonds is 22. The molecule has 0 aromatic carbocycles. The van der Waals surface area contributed by atoms with Gasteiger partial charge in [-0.1, -0.05) is 136 Å². The Bertz CT molecular complexity index is 238. The summed E-state index contributed by atoms with van der Waals surface area (Å²) < 4.78 is 0. The summed E-state index contributed by atoms with van der Waals surface area (Å²) >= 11 is 0. The number of hydrogen-bond acceptors (Lipinski definition) is 1. The Morgan fingerprint density at radius 1 is 0.423 bits per heavy atom. The maximum Gasteiger partial charge on any atom is -0.00489 e. The van der Waals surface area contributed by atoms with Crippen LogP contribution in [0.3, 0.4) is 0 Å². The third-order valence-electron chi connectivity index (χ3n) is 6.02. The van der Waals surface area contributed by atoms with Crippen LogP contribution in [0.2, 0.25) is 0 Å². The van der Waals surface area contributed by atoms with Gasteiger partial charge in [0.05, 0.1) is 0 Å². The molecule has 0 bridgehead atoms. The fourth-order valence-electron chi connectivity index (χ4n) is 4.04. The highest BCUT2D eigenvalue weighted by atomic mass is 14.5. The molecule has 0 aliphatic heterocycles. The summed E-state index contributed by atoms with van der Waals surface area (Å²) in [5.74, 6) is 0.800. The highest BCUT2D eigenvalue weighted by Crippen LogP contribution is 2.19. The van der Waals surface area contributed by atoms with E-state index in [2.05, 4.69) is 13.8 Å². The summed E-state index contributed by atoms with van der Waals surface area (Å²) in [5, 5.41) is 0. The first-order chi connectivity index (χ1) is 12.8. The van der Waals surface area contributed by atoms with Gasteiger partial charge in [-0.05, 0) is 25.3 Å². The zero-order chi connectivity index (χ0) is 19.1. The molecule has 0 saturated carbocycles. The Kier molecular flexibility index (Phi) is 23.0. The van der Waals surface area contributed by atoms with E-state index in [0.717, 1.165) is 12.5 Å². The van der Waals surface area contributed by atoms with Gasteiger partial charge in [-0.15, -0.1) is 0 Å². The van der Waals surface area contributed by atoms with Crippen molar-refractivity contribution in [2.45, 2.75) is 149 Å². The van der Waals surface area contributed by atoms with Crippen molar-refractivity contribution in [3.8, 4) is 0 Å². The molecule has 1 atom stereocenters. The van der Waals surface area contributed by atoms with Gasteiger partial charge >= 0.3 is 0 Å². The van der Waals surface area contributed by atoms with Gasteiger partial charge in [-0.25, -0.2) is 0 Å². The van der Waals surface area contributed by atoms with Gasteiger partial charge in [0.25, 0.3) is 0 Å². The third kappa shape index (κ3) is 20.3. The summed E-state index contributed by atoms with van der Waals surface area (Å²) in [7, 11) is 0. The lowest BCUT2D eigenvalue weighted by molar-refractivity contribution is 0.409. The predicted octanol–water partition coefficient (Wildman–Crippen LogP) is 8.79. The van der Waals surface area contributed by atoms with Crippen molar-refractivity contribution in [2.24, 2.45) is 11.7 Å². The molecule has 2 N–H and O–H groups in total. The van der Waals surface area contributed by atoms with Crippen molar-refractivity contribution in [3.05, 3.63) is 0 Å². The number of unbranched alkanes of at least 4 members (excludes halogenated alkanes) is 17. The van der Waals surface area contributed by atoms with E-state index >= 15 is 0 Å². The molecule has 0 saturated heterocycles. The molecule has 0 spiro atoms. The largest absolute Gasteiger partial charge is 0.330 e. The number of hydrogen-bond donors (Lipinski definition) is 1. The molecule has 0 aromatic heterocycles. The predicted molar refractivity (Wildman–Crippen MR) is 121 cm³/mol. The van der Waals surface area contributed by atoms with Gasteiger partial charge in [-0.2, -0.15) is 0 Å². The monoisotopic (exact) mass is 367 g/mol.